The molecule has 6 N–H and O–H groups in total. The molecule has 1 aliphatic heterocycles. The minimum Gasteiger partial charge on any atom is -0.344 e. The Labute approximate surface area is 150 Å². The Balaban J connectivity index is 0. The van der Waals surface area contributed by atoms with Crippen LogP contribution in [0.4, 0.5) is 0 Å². The zero-order valence-electron chi connectivity index (χ0n) is 13.7. The number of amides is 2. The van der Waals surface area contributed by atoms with Crippen LogP contribution in [0.25, 0.3) is 0 Å². The molecule has 0 bridgehead atoms. The smallest absolute Gasteiger partial charge is 0.265 e. The lowest BCUT2D eigenvalue weighted by molar-refractivity contribution is -0.134. The van der Waals surface area contributed by atoms with Gasteiger partial charge in [0.2, 0.25) is 5.91 Å². The first-order valence-electron chi connectivity index (χ1n) is 7.05. The Morgan fingerprint density at radius 2 is 1.96 bits per heavy atom. The molecule has 1 aliphatic rings. The van der Waals surface area contributed by atoms with E-state index >= 15 is 0 Å². The number of thiol groups is 1. The Morgan fingerprint density at radius 1 is 1.38 bits per heavy atom. The largest absolute Gasteiger partial charge is 0.344 e. The average Bonchev–Trinajstić information content (AvgIpc) is 2.93. The SMILES string of the molecule is CC(=O)CC1CCSC1=O.CC(=O)NC(CCS)C(=O)NO.NO. The van der Waals surface area contributed by atoms with Crippen molar-refractivity contribution in [2.75, 3.05) is 11.5 Å². The Kier molecular flexibility index (Phi) is 16.1. The van der Waals surface area contributed by atoms with Crippen molar-refractivity contribution in [3.05, 3.63) is 0 Å². The zero-order chi connectivity index (χ0) is 19.1. The van der Waals surface area contributed by atoms with Crippen molar-refractivity contribution in [2.24, 2.45) is 11.8 Å². The molecule has 0 aromatic heterocycles. The lowest BCUT2D eigenvalue weighted by Crippen LogP contribution is -2.45. The summed E-state index contributed by atoms with van der Waals surface area (Å²) in [6.07, 6.45) is 1.73. The highest BCUT2D eigenvalue weighted by Crippen LogP contribution is 2.27. The van der Waals surface area contributed by atoms with E-state index in [0.717, 1.165) is 12.2 Å². The first kappa shape index (κ1) is 25.1. The van der Waals surface area contributed by atoms with E-state index in [1.165, 1.54) is 31.1 Å². The number of carbonyl (C=O) groups excluding carboxylic acids is 4. The van der Waals surface area contributed by atoms with E-state index in [2.05, 4.69) is 23.8 Å². The fraction of sp³-hybridized carbons (Fsp3) is 0.692. The van der Waals surface area contributed by atoms with Crippen LogP contribution in [0.1, 0.15) is 33.1 Å². The molecule has 24 heavy (non-hydrogen) atoms. The summed E-state index contributed by atoms with van der Waals surface area (Å²) in [5.41, 5.74) is 1.47. The van der Waals surface area contributed by atoms with E-state index in [-0.39, 0.29) is 22.7 Å². The van der Waals surface area contributed by atoms with Gasteiger partial charge in [-0.3, -0.25) is 19.6 Å². The number of hydroxylamine groups is 1. The predicted molar refractivity (Wildman–Crippen MR) is 92.8 cm³/mol. The maximum atomic E-state index is 10.9. The van der Waals surface area contributed by atoms with Gasteiger partial charge in [-0.2, -0.15) is 12.6 Å². The molecule has 2 unspecified atom stereocenters. The second-order valence-corrected chi connectivity index (χ2v) is 6.35. The van der Waals surface area contributed by atoms with Gasteiger partial charge in [0, 0.05) is 25.0 Å². The van der Waals surface area contributed by atoms with Gasteiger partial charge >= 0.3 is 0 Å². The molecule has 1 rings (SSSR count). The summed E-state index contributed by atoms with van der Waals surface area (Å²) in [7, 11) is 0. The van der Waals surface area contributed by atoms with Crippen molar-refractivity contribution in [2.45, 2.75) is 39.2 Å². The monoisotopic (exact) mass is 383 g/mol. The molecular formula is C13H25N3O6S2. The van der Waals surface area contributed by atoms with Crippen molar-refractivity contribution in [1.29, 1.82) is 0 Å². The van der Waals surface area contributed by atoms with E-state index in [0.29, 0.717) is 18.6 Å². The number of rotatable bonds is 6. The molecule has 1 heterocycles. The molecule has 140 valence electrons. The third kappa shape index (κ3) is 12.3. The van der Waals surface area contributed by atoms with Crippen molar-refractivity contribution in [1.82, 2.24) is 10.8 Å². The molecule has 0 aliphatic carbocycles. The quantitative estimate of drug-likeness (QED) is 0.211. The molecule has 9 nitrogen and oxygen atoms in total. The van der Waals surface area contributed by atoms with Gasteiger partial charge in [-0.1, -0.05) is 11.8 Å². The van der Waals surface area contributed by atoms with Crippen molar-refractivity contribution in [3.63, 3.8) is 0 Å². The van der Waals surface area contributed by atoms with Gasteiger partial charge in [0.1, 0.15) is 11.8 Å². The highest BCUT2D eigenvalue weighted by Gasteiger charge is 2.25. The van der Waals surface area contributed by atoms with Crippen LogP contribution in [0.15, 0.2) is 0 Å². The summed E-state index contributed by atoms with van der Waals surface area (Å²) in [5, 5.41) is 17.3. The van der Waals surface area contributed by atoms with Crippen LogP contribution in [-0.2, 0) is 19.2 Å². The number of hydrogen-bond acceptors (Lipinski definition) is 9. The van der Waals surface area contributed by atoms with Crippen LogP contribution < -0.4 is 16.7 Å². The van der Waals surface area contributed by atoms with Gasteiger partial charge in [-0.25, -0.2) is 11.4 Å². The highest BCUT2D eigenvalue weighted by molar-refractivity contribution is 8.14. The number of nitrogens with one attached hydrogen (secondary N) is 2. The Hall–Kier alpha value is -1.14. The summed E-state index contributed by atoms with van der Waals surface area (Å²) in [4.78, 5) is 42.9. The lowest BCUT2D eigenvalue weighted by Gasteiger charge is -2.13. The average molecular weight is 383 g/mol. The minimum atomic E-state index is -0.704. The molecule has 2 amide bonds. The lowest BCUT2D eigenvalue weighted by atomic mass is 10.0. The third-order valence-corrected chi connectivity index (χ3v) is 4.12. The molecule has 0 radical (unpaired) electrons. The number of ketones is 1. The number of nitrogens with two attached hydrogens (primary N) is 1. The van der Waals surface area contributed by atoms with E-state index in [4.69, 9.17) is 10.4 Å². The number of hydrogen-bond donors (Lipinski definition) is 6. The van der Waals surface area contributed by atoms with Gasteiger partial charge in [-0.05, 0) is 25.5 Å². The maximum absolute atomic E-state index is 10.9. The zero-order valence-corrected chi connectivity index (χ0v) is 15.4. The fourth-order valence-corrected chi connectivity index (χ4v) is 3.09. The third-order valence-electron chi connectivity index (χ3n) is 2.80. The fourth-order valence-electron chi connectivity index (χ4n) is 1.79. The molecule has 2 atom stereocenters. The van der Waals surface area contributed by atoms with E-state index < -0.39 is 11.9 Å². The summed E-state index contributed by atoms with van der Waals surface area (Å²) >= 11 is 5.26. The molecule has 1 fully saturated rings. The molecule has 0 aromatic carbocycles. The van der Waals surface area contributed by atoms with Crippen molar-refractivity contribution < 1.29 is 29.6 Å². The van der Waals surface area contributed by atoms with Crippen LogP contribution in [-0.4, -0.2) is 50.7 Å². The Morgan fingerprint density at radius 3 is 2.29 bits per heavy atom. The highest BCUT2D eigenvalue weighted by atomic mass is 32.2. The van der Waals surface area contributed by atoms with E-state index in [1.54, 1.807) is 0 Å². The van der Waals surface area contributed by atoms with Gasteiger partial charge in [0.15, 0.2) is 5.12 Å². The van der Waals surface area contributed by atoms with Crippen LogP contribution in [0.2, 0.25) is 0 Å². The predicted octanol–water partition coefficient (Wildman–Crippen LogP) is -0.104. The summed E-state index contributed by atoms with van der Waals surface area (Å²) in [6.45, 7) is 2.84. The minimum absolute atomic E-state index is 0.0301. The van der Waals surface area contributed by atoms with Crippen molar-refractivity contribution in [3.8, 4) is 0 Å². The molecule has 0 saturated carbocycles. The van der Waals surface area contributed by atoms with E-state index in [1.807, 2.05) is 0 Å². The van der Waals surface area contributed by atoms with Gasteiger partial charge < -0.3 is 15.3 Å². The summed E-state index contributed by atoms with van der Waals surface area (Å²) < 4.78 is 0. The van der Waals surface area contributed by atoms with Crippen LogP contribution in [0.5, 0.6) is 0 Å². The summed E-state index contributed by atoms with van der Waals surface area (Å²) in [5.74, 6) is 4.07. The van der Waals surface area contributed by atoms with Gasteiger partial charge in [0.25, 0.3) is 5.91 Å². The molecular weight excluding hydrogens is 358 g/mol. The first-order chi connectivity index (χ1) is 11.3. The number of thioether (sulfide) groups is 1. The number of carbonyl (C=O) groups is 4. The van der Waals surface area contributed by atoms with E-state index in [9.17, 15) is 19.2 Å². The molecule has 1 saturated heterocycles. The van der Waals surface area contributed by atoms with Crippen molar-refractivity contribution >= 4 is 47.1 Å². The second kappa shape index (κ2) is 15.4. The van der Waals surface area contributed by atoms with Crippen LogP contribution in [0, 0.1) is 5.92 Å². The standard InChI is InChI=1S/C7H10O2S.C6H12N2O3S.H3NO/c1-5(8)4-6-2-3-10-7(6)9;1-4(9)7-5(2-3-12)6(10)8-11;1-2/h6H,2-4H2,1H3;5,11-12H,2-3H2,1H3,(H,7,9)(H,8,10);2H,1H2. The van der Waals surface area contributed by atoms with Crippen LogP contribution >= 0.6 is 24.4 Å². The first-order valence-corrected chi connectivity index (χ1v) is 8.67. The molecule has 11 heteroatoms. The Bertz CT molecular complexity index is 423. The molecule has 0 spiro atoms. The van der Waals surface area contributed by atoms with Gasteiger partial charge in [0.05, 0.1) is 0 Å². The number of Topliss-reactive ketones (excluding diaryl/α,β-unsaturated/α-hetero) is 1. The summed E-state index contributed by atoms with van der Waals surface area (Å²) in [6, 6.07) is -0.704. The topological polar surface area (TPSA) is 159 Å². The second-order valence-electron chi connectivity index (χ2n) is 4.80. The van der Waals surface area contributed by atoms with Crippen LogP contribution in [0.3, 0.4) is 0 Å². The normalized spacial score (nSPS) is 16.8. The van der Waals surface area contributed by atoms with Gasteiger partial charge in [-0.15, -0.1) is 0 Å². The maximum Gasteiger partial charge on any atom is 0.265 e. The molecule has 0 aromatic rings.